The van der Waals surface area contributed by atoms with Gasteiger partial charge in [0.05, 0.1) is 33.0 Å². The predicted octanol–water partition coefficient (Wildman–Crippen LogP) is 6.90. The molecule has 0 spiro atoms. The van der Waals surface area contributed by atoms with Gasteiger partial charge in [0, 0.05) is 0 Å². The lowest BCUT2D eigenvalue weighted by Crippen LogP contribution is -2.10. The highest BCUT2D eigenvalue weighted by molar-refractivity contribution is 7.64. The van der Waals surface area contributed by atoms with Crippen molar-refractivity contribution in [2.45, 2.75) is 33.0 Å². The zero-order valence-corrected chi connectivity index (χ0v) is 27.9. The van der Waals surface area contributed by atoms with E-state index in [2.05, 4.69) is 4.52 Å². The molecular weight excluding hydrogens is 672 g/mol. The van der Waals surface area contributed by atoms with Gasteiger partial charge in [-0.05, 0) is 88.5 Å². The Morgan fingerprint density at radius 1 is 0.367 bits per heavy atom. The van der Waals surface area contributed by atoms with Crippen LogP contribution in [0.1, 0.15) is 27.8 Å². The van der Waals surface area contributed by atoms with Gasteiger partial charge in [0.25, 0.3) is 0 Å². The van der Waals surface area contributed by atoms with Crippen molar-refractivity contribution in [3.05, 3.63) is 149 Å². The summed E-state index contributed by atoms with van der Waals surface area (Å²) in [7, 11) is -9.05. The first kappa shape index (κ1) is 35.7. The lowest BCUT2D eigenvalue weighted by Gasteiger charge is -2.26. The Balaban J connectivity index is 1.71. The predicted molar refractivity (Wildman–Crippen MR) is 182 cm³/mol. The summed E-state index contributed by atoms with van der Waals surface area (Å²) in [6, 6.07) is 31.3. The molecule has 0 aliphatic heterocycles. The van der Waals surface area contributed by atoms with Gasteiger partial charge in [0.2, 0.25) is 0 Å². The molecule has 0 unspecified atom stereocenters. The molecule has 49 heavy (non-hydrogen) atoms. The first-order chi connectivity index (χ1) is 23.8. The van der Waals surface area contributed by atoms with Crippen LogP contribution in [0.3, 0.4) is 0 Å². The summed E-state index contributed by atoms with van der Waals surface area (Å²) in [5.74, 6) is 0.709. The molecule has 0 saturated carbocycles. The molecule has 12 nitrogen and oxygen atoms in total. The lowest BCUT2D eigenvalue weighted by molar-refractivity contribution is 0.281. The molecule has 0 aromatic heterocycles. The second kappa shape index (κ2) is 16.6. The fourth-order valence-corrected chi connectivity index (χ4v) is 8.14. The van der Waals surface area contributed by atoms with Crippen molar-refractivity contribution >= 4 is 15.5 Å². The van der Waals surface area contributed by atoms with Crippen LogP contribution in [0, 0.1) is 0 Å². The van der Waals surface area contributed by atoms with E-state index in [4.69, 9.17) is 22.6 Å². The van der Waals surface area contributed by atoms with Gasteiger partial charge in [-0.1, -0.05) is 65.2 Å². The van der Waals surface area contributed by atoms with Crippen LogP contribution < -0.4 is 22.6 Å². The fourth-order valence-electron chi connectivity index (χ4n) is 4.24. The number of aliphatic hydroxyl groups is 5. The minimum absolute atomic E-state index is 0.0845. The van der Waals surface area contributed by atoms with Crippen LogP contribution in [0.2, 0.25) is 0 Å². The number of aliphatic hydroxyl groups excluding tert-OH is 5. The monoisotopic (exact) mass is 707 g/mol. The van der Waals surface area contributed by atoms with Crippen LogP contribution in [-0.4, -0.2) is 25.5 Å². The molecule has 0 amide bonds. The summed E-state index contributed by atoms with van der Waals surface area (Å²) in [5.41, 5.74) is 2.97. The van der Waals surface area contributed by atoms with Crippen LogP contribution >= 0.6 is 15.5 Å². The van der Waals surface area contributed by atoms with Gasteiger partial charge >= 0.3 is 15.5 Å². The van der Waals surface area contributed by atoms with Gasteiger partial charge in [-0.3, -0.25) is 0 Å². The molecule has 5 aromatic rings. The molecule has 14 heteroatoms. The molecular formula is C35H35NO11P2. The number of benzene rings is 5. The topological polar surface area (TPSA) is 177 Å². The van der Waals surface area contributed by atoms with Crippen LogP contribution in [0.5, 0.6) is 28.7 Å². The zero-order valence-electron chi connectivity index (χ0n) is 26.1. The van der Waals surface area contributed by atoms with Gasteiger partial charge in [-0.2, -0.15) is 0 Å². The van der Waals surface area contributed by atoms with Crippen molar-refractivity contribution in [1.82, 2.24) is 0 Å². The van der Waals surface area contributed by atoms with Crippen molar-refractivity contribution < 1.29 is 52.7 Å². The van der Waals surface area contributed by atoms with Gasteiger partial charge in [0.1, 0.15) is 28.7 Å². The summed E-state index contributed by atoms with van der Waals surface area (Å²) >= 11 is 0. The highest BCUT2D eigenvalue weighted by Crippen LogP contribution is 2.63. The Labute approximate surface area is 283 Å². The SMILES string of the molecule is O=P(N=P(Oc1ccc(CO)cc1)(Oc1ccc(CO)cc1)Oc1ccc(CO)cc1)(Oc1ccc(CO)cc1)Oc1ccc(CO)cc1. The smallest absolute Gasteiger partial charge is 0.401 e. The van der Waals surface area contributed by atoms with Gasteiger partial charge < -0.3 is 48.2 Å². The fraction of sp³-hybridized carbons (Fsp3) is 0.143. The third-order valence-corrected chi connectivity index (χ3v) is 10.8. The Hall–Kier alpha value is -4.64. The standard InChI is InChI=1S/C35H35NO11P2/c37-21-26-1-11-31(12-2-26)43-48(42,44-32-13-3-27(22-38)4-14-32)36-49(45-33-15-5-28(23-39)6-16-33,46-34-17-7-29(24-40)8-18-34)47-35-19-9-30(25-41)10-20-35/h1-20,37-41H,21-25H2. The number of rotatable bonds is 16. The molecule has 0 heterocycles. The Kier molecular flexibility index (Phi) is 12.1. The number of hydrogen-bond donors (Lipinski definition) is 5. The average molecular weight is 708 g/mol. The van der Waals surface area contributed by atoms with E-state index < -0.39 is 15.5 Å². The van der Waals surface area contributed by atoms with Crippen molar-refractivity contribution in [3.8, 4) is 28.7 Å². The Morgan fingerprint density at radius 3 is 0.776 bits per heavy atom. The van der Waals surface area contributed by atoms with E-state index in [-0.39, 0.29) is 61.8 Å². The van der Waals surface area contributed by atoms with Crippen molar-refractivity contribution in [2.24, 2.45) is 4.52 Å². The van der Waals surface area contributed by atoms with Crippen molar-refractivity contribution in [3.63, 3.8) is 0 Å². The van der Waals surface area contributed by atoms with Crippen molar-refractivity contribution in [2.75, 3.05) is 0 Å². The van der Waals surface area contributed by atoms with E-state index >= 15 is 0 Å². The molecule has 0 atom stereocenters. The number of nitrogens with zero attached hydrogens (tertiary/aromatic N) is 1. The summed E-state index contributed by atoms with van der Waals surface area (Å²) in [6.07, 6.45) is 0. The second-order valence-corrected chi connectivity index (χ2v) is 14.0. The van der Waals surface area contributed by atoms with Gasteiger partial charge in [-0.15, -0.1) is 0 Å². The van der Waals surface area contributed by atoms with Gasteiger partial charge in [-0.25, -0.2) is 4.57 Å². The van der Waals surface area contributed by atoms with Crippen LogP contribution in [0.4, 0.5) is 0 Å². The van der Waals surface area contributed by atoms with E-state index in [1.807, 2.05) is 0 Å². The van der Waals surface area contributed by atoms with E-state index in [1.165, 1.54) is 24.3 Å². The third-order valence-electron chi connectivity index (χ3n) is 6.85. The van der Waals surface area contributed by atoms with Crippen LogP contribution in [0.15, 0.2) is 126 Å². The minimum atomic E-state index is -4.73. The summed E-state index contributed by atoms with van der Waals surface area (Å²) in [5, 5.41) is 47.9. The maximum atomic E-state index is 14.9. The maximum Gasteiger partial charge on any atom is 0.570 e. The molecule has 0 radical (unpaired) electrons. The zero-order chi connectivity index (χ0) is 34.7. The molecule has 0 saturated heterocycles. The lowest BCUT2D eigenvalue weighted by atomic mass is 10.2. The largest absolute Gasteiger partial charge is 0.570 e. The highest BCUT2D eigenvalue weighted by atomic mass is 31.2. The maximum absolute atomic E-state index is 14.9. The normalized spacial score (nSPS) is 11.4. The summed E-state index contributed by atoms with van der Waals surface area (Å²) in [6.45, 7) is -1.09. The third kappa shape index (κ3) is 9.95. The Bertz CT molecular complexity index is 1700. The molecule has 5 rings (SSSR count). The first-order valence-corrected chi connectivity index (χ1v) is 18.0. The second-order valence-electron chi connectivity index (χ2n) is 10.5. The van der Waals surface area contributed by atoms with E-state index in [0.717, 1.165) is 0 Å². The molecule has 256 valence electrons. The minimum Gasteiger partial charge on any atom is -0.401 e. The molecule has 5 N–H and O–H groups in total. The van der Waals surface area contributed by atoms with Crippen molar-refractivity contribution in [1.29, 1.82) is 0 Å². The Morgan fingerprint density at radius 2 is 0.571 bits per heavy atom. The molecule has 0 fully saturated rings. The van der Waals surface area contributed by atoms with Crippen LogP contribution in [0.25, 0.3) is 0 Å². The molecule has 0 aliphatic rings. The van der Waals surface area contributed by atoms with E-state index in [1.54, 1.807) is 97.1 Å². The van der Waals surface area contributed by atoms with Gasteiger partial charge in [0.15, 0.2) is 0 Å². The summed E-state index contributed by atoms with van der Waals surface area (Å²) < 4.78 is 50.6. The highest BCUT2D eigenvalue weighted by Gasteiger charge is 2.41. The summed E-state index contributed by atoms with van der Waals surface area (Å²) in [4.78, 5) is 0. The first-order valence-electron chi connectivity index (χ1n) is 15.0. The molecule has 0 aliphatic carbocycles. The quantitative estimate of drug-likeness (QED) is 0.0675. The van der Waals surface area contributed by atoms with Crippen LogP contribution in [-0.2, 0) is 37.6 Å². The number of hydrogen-bond acceptors (Lipinski definition) is 11. The van der Waals surface area contributed by atoms with E-state index in [0.29, 0.717) is 27.8 Å². The molecule has 5 aromatic carbocycles. The van der Waals surface area contributed by atoms with E-state index in [9.17, 15) is 30.1 Å². The average Bonchev–Trinajstić information content (AvgIpc) is 3.13. The molecule has 0 bridgehead atoms.